The molecular formula is C15H17N3O4. The molecule has 22 heavy (non-hydrogen) atoms. The van der Waals surface area contributed by atoms with Crippen molar-refractivity contribution in [2.75, 3.05) is 0 Å². The normalized spacial score (nSPS) is 13.4. The Bertz CT molecular complexity index is 654. The number of rotatable bonds is 6. The Hall–Kier alpha value is -2.70. The molecule has 0 saturated heterocycles. The highest BCUT2D eigenvalue weighted by atomic mass is 16.5. The first-order chi connectivity index (χ1) is 10.5. The van der Waals surface area contributed by atoms with Crippen molar-refractivity contribution < 1.29 is 19.2 Å². The zero-order valence-corrected chi connectivity index (χ0v) is 12.3. The SMILES string of the molecule is CCC(C)C(NC(=O)c1cc(-c2cccnc2)on1)C(=O)O. The number of nitrogens with one attached hydrogen (secondary N) is 1. The summed E-state index contributed by atoms with van der Waals surface area (Å²) in [5.41, 5.74) is 0.721. The Morgan fingerprint density at radius 3 is 2.82 bits per heavy atom. The number of hydrogen-bond acceptors (Lipinski definition) is 5. The molecule has 2 N–H and O–H groups in total. The summed E-state index contributed by atoms with van der Waals surface area (Å²) in [6.45, 7) is 3.63. The molecule has 1 amide bonds. The second-order valence-corrected chi connectivity index (χ2v) is 4.99. The largest absolute Gasteiger partial charge is 0.480 e. The lowest BCUT2D eigenvalue weighted by atomic mass is 9.99. The summed E-state index contributed by atoms with van der Waals surface area (Å²) in [4.78, 5) is 27.3. The molecule has 2 rings (SSSR count). The van der Waals surface area contributed by atoms with Gasteiger partial charge in [0.25, 0.3) is 5.91 Å². The Balaban J connectivity index is 2.13. The predicted octanol–water partition coefficient (Wildman–Crippen LogP) is 1.97. The maximum atomic E-state index is 12.1. The van der Waals surface area contributed by atoms with E-state index in [0.29, 0.717) is 17.7 Å². The first kappa shape index (κ1) is 15.7. The molecule has 2 aromatic heterocycles. The Morgan fingerprint density at radius 2 is 2.23 bits per heavy atom. The van der Waals surface area contributed by atoms with Gasteiger partial charge in [-0.15, -0.1) is 0 Å². The highest BCUT2D eigenvalue weighted by Gasteiger charge is 2.27. The van der Waals surface area contributed by atoms with Crippen LogP contribution in [0, 0.1) is 5.92 Å². The number of aliphatic carboxylic acids is 1. The van der Waals surface area contributed by atoms with E-state index >= 15 is 0 Å². The average Bonchev–Trinajstić information content (AvgIpc) is 3.02. The zero-order chi connectivity index (χ0) is 16.1. The van der Waals surface area contributed by atoms with Crippen LogP contribution < -0.4 is 5.32 Å². The molecule has 0 bridgehead atoms. The molecule has 0 fully saturated rings. The molecule has 7 nitrogen and oxygen atoms in total. The summed E-state index contributed by atoms with van der Waals surface area (Å²) >= 11 is 0. The smallest absolute Gasteiger partial charge is 0.326 e. The minimum Gasteiger partial charge on any atom is -0.480 e. The highest BCUT2D eigenvalue weighted by Crippen LogP contribution is 2.19. The molecule has 2 heterocycles. The van der Waals surface area contributed by atoms with Crippen LogP contribution in [0.15, 0.2) is 35.1 Å². The van der Waals surface area contributed by atoms with Crippen LogP contribution in [0.2, 0.25) is 0 Å². The minimum absolute atomic E-state index is 0.0356. The van der Waals surface area contributed by atoms with E-state index in [1.165, 1.54) is 6.07 Å². The lowest BCUT2D eigenvalue weighted by molar-refractivity contribution is -0.140. The van der Waals surface area contributed by atoms with Gasteiger partial charge in [-0.1, -0.05) is 25.4 Å². The van der Waals surface area contributed by atoms with Crippen molar-refractivity contribution in [3.63, 3.8) is 0 Å². The number of aromatic nitrogens is 2. The van der Waals surface area contributed by atoms with Crippen LogP contribution >= 0.6 is 0 Å². The molecule has 116 valence electrons. The second kappa shape index (κ2) is 6.84. The summed E-state index contributed by atoms with van der Waals surface area (Å²) in [5.74, 6) is -1.44. The molecule has 0 saturated carbocycles. The van der Waals surface area contributed by atoms with Crippen molar-refractivity contribution >= 4 is 11.9 Å². The van der Waals surface area contributed by atoms with Crippen LogP contribution in [-0.2, 0) is 4.79 Å². The van der Waals surface area contributed by atoms with Gasteiger partial charge in [-0.2, -0.15) is 0 Å². The number of nitrogens with zero attached hydrogens (tertiary/aromatic N) is 2. The highest BCUT2D eigenvalue weighted by molar-refractivity contribution is 5.95. The van der Waals surface area contributed by atoms with E-state index in [4.69, 9.17) is 4.52 Å². The van der Waals surface area contributed by atoms with Crippen LogP contribution in [0.4, 0.5) is 0 Å². The van der Waals surface area contributed by atoms with E-state index in [2.05, 4.69) is 15.5 Å². The maximum Gasteiger partial charge on any atom is 0.326 e. The van der Waals surface area contributed by atoms with Crippen molar-refractivity contribution in [1.82, 2.24) is 15.5 Å². The van der Waals surface area contributed by atoms with Crippen LogP contribution in [-0.4, -0.2) is 33.2 Å². The summed E-state index contributed by atoms with van der Waals surface area (Å²) in [7, 11) is 0. The number of hydrogen-bond donors (Lipinski definition) is 2. The fourth-order valence-electron chi connectivity index (χ4n) is 1.93. The molecule has 2 atom stereocenters. The Morgan fingerprint density at radius 1 is 1.45 bits per heavy atom. The molecule has 0 aliphatic heterocycles. The fourth-order valence-corrected chi connectivity index (χ4v) is 1.93. The Kier molecular flexibility index (Phi) is 4.88. The van der Waals surface area contributed by atoms with Crippen molar-refractivity contribution in [3.8, 4) is 11.3 Å². The monoisotopic (exact) mass is 303 g/mol. The fraction of sp³-hybridized carbons (Fsp3) is 0.333. The van der Waals surface area contributed by atoms with Crippen molar-refractivity contribution in [3.05, 3.63) is 36.3 Å². The van der Waals surface area contributed by atoms with Gasteiger partial charge in [0, 0.05) is 24.0 Å². The quantitative estimate of drug-likeness (QED) is 0.845. The van der Waals surface area contributed by atoms with Crippen molar-refractivity contribution in [1.29, 1.82) is 0 Å². The molecule has 2 unspecified atom stereocenters. The molecule has 0 aliphatic carbocycles. The van der Waals surface area contributed by atoms with Crippen molar-refractivity contribution in [2.45, 2.75) is 26.3 Å². The average molecular weight is 303 g/mol. The van der Waals surface area contributed by atoms with Gasteiger partial charge in [-0.05, 0) is 18.1 Å². The third-order valence-corrected chi connectivity index (χ3v) is 3.45. The summed E-state index contributed by atoms with van der Waals surface area (Å²) in [6, 6.07) is 4.01. The van der Waals surface area contributed by atoms with Gasteiger partial charge < -0.3 is 14.9 Å². The van der Waals surface area contributed by atoms with E-state index in [1.807, 2.05) is 6.92 Å². The van der Waals surface area contributed by atoms with Crippen LogP contribution in [0.3, 0.4) is 0 Å². The van der Waals surface area contributed by atoms with E-state index in [1.54, 1.807) is 31.5 Å². The maximum absolute atomic E-state index is 12.1. The van der Waals surface area contributed by atoms with Gasteiger partial charge in [0.1, 0.15) is 6.04 Å². The van der Waals surface area contributed by atoms with Gasteiger partial charge in [0.2, 0.25) is 0 Å². The standard InChI is InChI=1S/C15H17N3O4/c1-3-9(2)13(15(20)21)17-14(19)11-7-12(22-18-11)10-5-4-6-16-8-10/h4-9,13H,3H2,1-2H3,(H,17,19)(H,20,21). The molecule has 0 aliphatic rings. The topological polar surface area (TPSA) is 105 Å². The number of carbonyl (C=O) groups excluding carboxylic acids is 1. The number of amides is 1. The van der Waals surface area contributed by atoms with Gasteiger partial charge in [-0.3, -0.25) is 9.78 Å². The summed E-state index contributed by atoms with van der Waals surface area (Å²) < 4.78 is 5.10. The van der Waals surface area contributed by atoms with Gasteiger partial charge in [-0.25, -0.2) is 4.79 Å². The molecular weight excluding hydrogens is 286 g/mol. The van der Waals surface area contributed by atoms with E-state index in [-0.39, 0.29) is 11.6 Å². The molecule has 7 heteroatoms. The third kappa shape index (κ3) is 3.49. The third-order valence-electron chi connectivity index (χ3n) is 3.45. The lowest BCUT2D eigenvalue weighted by Crippen LogP contribution is -2.45. The number of carboxylic acids is 1. The number of pyridine rings is 1. The van der Waals surface area contributed by atoms with Gasteiger partial charge in [0.05, 0.1) is 0 Å². The first-order valence-corrected chi connectivity index (χ1v) is 6.93. The second-order valence-electron chi connectivity index (χ2n) is 4.99. The Labute approximate surface area is 127 Å². The molecule has 2 aromatic rings. The first-order valence-electron chi connectivity index (χ1n) is 6.93. The van der Waals surface area contributed by atoms with Gasteiger partial charge in [0.15, 0.2) is 11.5 Å². The van der Waals surface area contributed by atoms with Gasteiger partial charge >= 0.3 is 5.97 Å². The van der Waals surface area contributed by atoms with Crippen molar-refractivity contribution in [2.24, 2.45) is 5.92 Å². The zero-order valence-electron chi connectivity index (χ0n) is 12.3. The minimum atomic E-state index is -1.07. The molecule has 0 spiro atoms. The lowest BCUT2D eigenvalue weighted by Gasteiger charge is -2.19. The van der Waals surface area contributed by atoms with Crippen LogP contribution in [0.1, 0.15) is 30.8 Å². The van der Waals surface area contributed by atoms with E-state index < -0.39 is 17.9 Å². The number of carbonyl (C=O) groups is 2. The molecule has 0 radical (unpaired) electrons. The number of carboxylic acid groups (broad SMARTS) is 1. The summed E-state index contributed by atoms with van der Waals surface area (Å²) in [6.07, 6.45) is 3.84. The van der Waals surface area contributed by atoms with Crippen LogP contribution in [0.5, 0.6) is 0 Å². The molecule has 0 aromatic carbocycles. The summed E-state index contributed by atoms with van der Waals surface area (Å²) in [5, 5.41) is 15.3. The predicted molar refractivity (Wildman–Crippen MR) is 78.1 cm³/mol. The van der Waals surface area contributed by atoms with E-state index in [9.17, 15) is 14.7 Å². The van der Waals surface area contributed by atoms with E-state index in [0.717, 1.165) is 0 Å². The van der Waals surface area contributed by atoms with Crippen LogP contribution in [0.25, 0.3) is 11.3 Å².